The van der Waals surface area contributed by atoms with Gasteiger partial charge in [0.1, 0.15) is 10.6 Å². The van der Waals surface area contributed by atoms with Crippen LogP contribution in [0.3, 0.4) is 0 Å². The van der Waals surface area contributed by atoms with E-state index in [4.69, 9.17) is 0 Å². The Bertz CT molecular complexity index is 1150. The summed E-state index contributed by atoms with van der Waals surface area (Å²) in [5.41, 5.74) is 5.08. The van der Waals surface area contributed by atoms with Gasteiger partial charge >= 0.3 is 0 Å². The Morgan fingerprint density at radius 1 is 0.774 bits per heavy atom. The first kappa shape index (κ1) is 20.9. The van der Waals surface area contributed by atoms with E-state index < -0.39 is 0 Å². The summed E-state index contributed by atoms with van der Waals surface area (Å²) in [7, 11) is 0. The van der Waals surface area contributed by atoms with Gasteiger partial charge < -0.3 is 5.32 Å². The van der Waals surface area contributed by atoms with E-state index >= 15 is 0 Å². The lowest BCUT2D eigenvalue weighted by Crippen LogP contribution is -2.32. The fourth-order valence-electron chi connectivity index (χ4n) is 3.34. The summed E-state index contributed by atoms with van der Waals surface area (Å²) in [6, 6.07) is 23.3. The Morgan fingerprint density at radius 2 is 1.35 bits per heavy atom. The topological polar surface area (TPSA) is 49.4 Å². The first-order valence-corrected chi connectivity index (χ1v) is 11.1. The number of aryl methyl sites for hydroxylation is 3. The van der Waals surface area contributed by atoms with Crippen LogP contribution in [0.1, 0.15) is 23.6 Å². The average Bonchev–Trinajstić information content (AvgIpc) is 3.00. The lowest BCUT2D eigenvalue weighted by atomic mass is 10.1. The number of imide groups is 1. The van der Waals surface area contributed by atoms with Crippen molar-refractivity contribution in [3.63, 3.8) is 0 Å². The van der Waals surface area contributed by atoms with Crippen LogP contribution < -0.4 is 10.2 Å². The quantitative estimate of drug-likeness (QED) is 0.500. The zero-order valence-electron chi connectivity index (χ0n) is 17.8. The summed E-state index contributed by atoms with van der Waals surface area (Å²) in [5, 5.41) is 3.21. The highest BCUT2D eigenvalue weighted by atomic mass is 32.2. The number of carbonyl (C=O) groups excluding carboxylic acids is 2. The van der Waals surface area contributed by atoms with E-state index in [1.54, 1.807) is 12.1 Å². The van der Waals surface area contributed by atoms with Crippen LogP contribution in [-0.2, 0) is 16.0 Å². The maximum Gasteiger partial charge on any atom is 0.283 e. The number of benzene rings is 3. The lowest BCUT2D eigenvalue weighted by Gasteiger charge is -2.15. The first-order chi connectivity index (χ1) is 15.0. The molecule has 3 aromatic rings. The largest absolute Gasteiger partial charge is 0.350 e. The van der Waals surface area contributed by atoms with Crippen LogP contribution >= 0.6 is 11.8 Å². The van der Waals surface area contributed by atoms with Gasteiger partial charge in [0.05, 0.1) is 5.69 Å². The van der Waals surface area contributed by atoms with Crippen LogP contribution in [0.25, 0.3) is 0 Å². The average molecular weight is 429 g/mol. The normalized spacial score (nSPS) is 13.8. The maximum absolute atomic E-state index is 13.4. The summed E-state index contributed by atoms with van der Waals surface area (Å²) < 4.78 is 0. The van der Waals surface area contributed by atoms with Gasteiger partial charge in [-0.3, -0.25) is 9.59 Å². The Labute approximate surface area is 187 Å². The molecule has 1 aliphatic heterocycles. The van der Waals surface area contributed by atoms with E-state index in [9.17, 15) is 9.59 Å². The first-order valence-electron chi connectivity index (χ1n) is 10.3. The van der Waals surface area contributed by atoms with Crippen LogP contribution in [0.2, 0.25) is 0 Å². The summed E-state index contributed by atoms with van der Waals surface area (Å²) in [4.78, 5) is 29.3. The predicted molar refractivity (Wildman–Crippen MR) is 127 cm³/mol. The van der Waals surface area contributed by atoms with Crippen molar-refractivity contribution in [2.24, 2.45) is 0 Å². The smallest absolute Gasteiger partial charge is 0.283 e. The molecular weight excluding hydrogens is 404 g/mol. The zero-order chi connectivity index (χ0) is 22.0. The highest BCUT2D eigenvalue weighted by molar-refractivity contribution is 8.04. The Hall–Kier alpha value is -3.31. The van der Waals surface area contributed by atoms with Gasteiger partial charge in [-0.1, -0.05) is 66.2 Å². The molecule has 156 valence electrons. The van der Waals surface area contributed by atoms with E-state index in [1.165, 1.54) is 22.2 Å². The Balaban J connectivity index is 1.71. The molecule has 0 unspecified atom stereocenters. The van der Waals surface area contributed by atoms with Gasteiger partial charge in [0.15, 0.2) is 0 Å². The molecule has 0 radical (unpaired) electrons. The minimum Gasteiger partial charge on any atom is -0.350 e. The second kappa shape index (κ2) is 8.82. The molecule has 0 saturated heterocycles. The molecule has 0 bridgehead atoms. The van der Waals surface area contributed by atoms with Crippen molar-refractivity contribution in [1.82, 2.24) is 0 Å². The SMILES string of the molecule is CCc1ccc(NC2=C(Sc3ccc(C)cc3)C(=O)N(c3ccc(C)cc3)C2=O)cc1. The fourth-order valence-corrected chi connectivity index (χ4v) is 4.26. The molecule has 5 heteroatoms. The minimum absolute atomic E-state index is 0.306. The van der Waals surface area contributed by atoms with Gasteiger partial charge in [-0.25, -0.2) is 4.90 Å². The second-order valence-electron chi connectivity index (χ2n) is 7.58. The van der Waals surface area contributed by atoms with Crippen molar-refractivity contribution in [1.29, 1.82) is 0 Å². The van der Waals surface area contributed by atoms with E-state index in [2.05, 4.69) is 12.2 Å². The van der Waals surface area contributed by atoms with Gasteiger partial charge in [-0.15, -0.1) is 0 Å². The molecule has 4 rings (SSSR count). The Morgan fingerprint density at radius 3 is 1.94 bits per heavy atom. The molecule has 0 saturated carbocycles. The molecule has 1 aliphatic rings. The van der Waals surface area contributed by atoms with Crippen molar-refractivity contribution in [2.45, 2.75) is 32.1 Å². The summed E-state index contributed by atoms with van der Waals surface area (Å²) in [5.74, 6) is -0.657. The number of nitrogens with zero attached hydrogens (tertiary/aromatic N) is 1. The number of rotatable bonds is 6. The molecule has 1 heterocycles. The van der Waals surface area contributed by atoms with Crippen molar-refractivity contribution >= 4 is 35.0 Å². The number of amides is 2. The third kappa shape index (κ3) is 4.42. The zero-order valence-corrected chi connectivity index (χ0v) is 18.6. The number of hydrogen-bond donors (Lipinski definition) is 1. The molecule has 0 aromatic heterocycles. The van der Waals surface area contributed by atoms with E-state index in [0.29, 0.717) is 16.3 Å². The summed E-state index contributed by atoms with van der Waals surface area (Å²) in [6.45, 7) is 6.09. The van der Waals surface area contributed by atoms with Gasteiger partial charge in [-0.2, -0.15) is 0 Å². The number of anilines is 2. The molecule has 4 nitrogen and oxygen atoms in total. The van der Waals surface area contributed by atoms with Crippen molar-refractivity contribution in [2.75, 3.05) is 10.2 Å². The van der Waals surface area contributed by atoms with Gasteiger partial charge in [0, 0.05) is 10.6 Å². The van der Waals surface area contributed by atoms with E-state index in [-0.39, 0.29) is 11.8 Å². The van der Waals surface area contributed by atoms with Crippen LogP contribution in [0, 0.1) is 13.8 Å². The van der Waals surface area contributed by atoms with Crippen molar-refractivity contribution in [3.05, 3.63) is 100 Å². The number of hydrogen-bond acceptors (Lipinski definition) is 4. The monoisotopic (exact) mass is 428 g/mol. The van der Waals surface area contributed by atoms with Crippen LogP contribution in [0.4, 0.5) is 11.4 Å². The molecule has 0 aliphatic carbocycles. The van der Waals surface area contributed by atoms with Crippen LogP contribution in [0.15, 0.2) is 88.3 Å². The van der Waals surface area contributed by atoms with Gasteiger partial charge in [0.25, 0.3) is 11.8 Å². The summed E-state index contributed by atoms with van der Waals surface area (Å²) in [6.07, 6.45) is 0.941. The fraction of sp³-hybridized carbons (Fsp3) is 0.154. The number of thioether (sulfide) groups is 1. The highest BCUT2D eigenvalue weighted by Gasteiger charge is 2.40. The molecule has 0 fully saturated rings. The van der Waals surface area contributed by atoms with Crippen molar-refractivity contribution in [3.8, 4) is 0 Å². The predicted octanol–water partition coefficient (Wildman–Crippen LogP) is 5.86. The molecule has 0 atom stereocenters. The molecule has 3 aromatic carbocycles. The minimum atomic E-state index is -0.344. The molecule has 0 spiro atoms. The number of nitrogens with one attached hydrogen (secondary N) is 1. The maximum atomic E-state index is 13.4. The Kier molecular flexibility index (Phi) is 5.96. The molecular formula is C26H24N2O2S. The summed E-state index contributed by atoms with van der Waals surface area (Å²) >= 11 is 1.31. The molecule has 1 N–H and O–H groups in total. The standard InChI is InChI=1S/C26H24N2O2S/c1-4-19-9-11-20(12-10-19)27-23-24(31-22-15-7-18(3)8-16-22)26(30)28(25(23)29)21-13-5-17(2)6-14-21/h5-16,27H,4H2,1-3H3. The van der Waals surface area contributed by atoms with Crippen LogP contribution in [-0.4, -0.2) is 11.8 Å². The number of carbonyl (C=O) groups is 2. The van der Waals surface area contributed by atoms with Gasteiger partial charge in [0.2, 0.25) is 0 Å². The van der Waals surface area contributed by atoms with E-state index in [0.717, 1.165) is 28.1 Å². The van der Waals surface area contributed by atoms with E-state index in [1.807, 2.05) is 74.5 Å². The second-order valence-corrected chi connectivity index (χ2v) is 8.66. The molecule has 2 amide bonds. The third-order valence-corrected chi connectivity index (χ3v) is 6.30. The highest BCUT2D eigenvalue weighted by Crippen LogP contribution is 2.38. The van der Waals surface area contributed by atoms with Crippen molar-refractivity contribution < 1.29 is 9.59 Å². The molecule has 31 heavy (non-hydrogen) atoms. The lowest BCUT2D eigenvalue weighted by molar-refractivity contribution is -0.120. The van der Waals surface area contributed by atoms with Crippen LogP contribution in [0.5, 0.6) is 0 Å². The van der Waals surface area contributed by atoms with Gasteiger partial charge in [-0.05, 0) is 62.2 Å². The third-order valence-electron chi connectivity index (χ3n) is 5.21.